The fourth-order valence-corrected chi connectivity index (χ4v) is 2.43. The van der Waals surface area contributed by atoms with E-state index in [-0.39, 0.29) is 10.8 Å². The molecule has 0 spiro atoms. The Hall–Kier alpha value is -0.500. The Bertz CT molecular complexity index is 422. The van der Waals surface area contributed by atoms with Crippen LogP contribution in [0.5, 0.6) is 5.75 Å². The normalized spacial score (nSPS) is 12.8. The average Bonchev–Trinajstić information content (AvgIpc) is 2.17. The van der Waals surface area contributed by atoms with Crippen molar-refractivity contribution in [2.24, 2.45) is 5.41 Å². The van der Waals surface area contributed by atoms with Gasteiger partial charge in [0.15, 0.2) is 0 Å². The molecule has 0 aliphatic heterocycles. The maximum atomic E-state index is 10.3. The third-order valence-electron chi connectivity index (χ3n) is 3.00. The van der Waals surface area contributed by atoms with Crippen molar-refractivity contribution in [1.29, 1.82) is 0 Å². The summed E-state index contributed by atoms with van der Waals surface area (Å²) < 4.78 is 0. The first kappa shape index (κ1) is 15.6. The number of phenols is 1. The van der Waals surface area contributed by atoms with Gasteiger partial charge in [-0.05, 0) is 28.4 Å². The van der Waals surface area contributed by atoms with Crippen molar-refractivity contribution < 1.29 is 5.11 Å². The van der Waals surface area contributed by atoms with Crippen molar-refractivity contribution >= 4 is 15.9 Å². The summed E-state index contributed by atoms with van der Waals surface area (Å²) in [5.41, 5.74) is 3.62. The van der Waals surface area contributed by atoms with E-state index in [1.54, 1.807) is 0 Å². The highest BCUT2D eigenvalue weighted by Crippen LogP contribution is 2.35. The molecule has 1 nitrogen and oxygen atoms in total. The molecule has 1 aromatic carbocycles. The lowest BCUT2D eigenvalue weighted by atomic mass is 9.81. The lowest BCUT2D eigenvalue weighted by Gasteiger charge is -2.25. The van der Waals surface area contributed by atoms with Gasteiger partial charge >= 0.3 is 0 Å². The minimum absolute atomic E-state index is 0.108. The van der Waals surface area contributed by atoms with Crippen molar-refractivity contribution in [2.75, 3.05) is 0 Å². The van der Waals surface area contributed by atoms with E-state index in [1.165, 1.54) is 5.56 Å². The van der Waals surface area contributed by atoms with Gasteiger partial charge in [0, 0.05) is 10.9 Å². The predicted molar refractivity (Wildman–Crippen MR) is 82.6 cm³/mol. The molecular formula is C16H25BrO. The molecule has 2 heteroatoms. The van der Waals surface area contributed by atoms with Crippen LogP contribution in [0.1, 0.15) is 58.2 Å². The van der Waals surface area contributed by atoms with E-state index in [0.717, 1.165) is 17.5 Å². The zero-order valence-electron chi connectivity index (χ0n) is 12.4. The molecule has 0 bridgehead atoms. The minimum Gasteiger partial charge on any atom is -0.507 e. The zero-order chi connectivity index (χ0) is 14.1. The number of aromatic hydroxyl groups is 1. The monoisotopic (exact) mass is 312 g/mol. The van der Waals surface area contributed by atoms with E-state index in [0.29, 0.717) is 11.1 Å². The van der Waals surface area contributed by atoms with Crippen molar-refractivity contribution in [1.82, 2.24) is 0 Å². The summed E-state index contributed by atoms with van der Waals surface area (Å²) in [6.45, 7) is 13.2. The third kappa shape index (κ3) is 4.01. The van der Waals surface area contributed by atoms with Crippen LogP contribution < -0.4 is 0 Å². The second kappa shape index (κ2) is 5.24. The van der Waals surface area contributed by atoms with Gasteiger partial charge < -0.3 is 5.11 Å². The Morgan fingerprint density at radius 1 is 1.00 bits per heavy atom. The largest absolute Gasteiger partial charge is 0.507 e. The van der Waals surface area contributed by atoms with Gasteiger partial charge in [-0.15, -0.1) is 0 Å². The molecule has 0 aliphatic carbocycles. The SMILES string of the molecule is CC(C)(C)Cc1cc(C(C)(C)C)cc(CBr)c1O. The van der Waals surface area contributed by atoms with E-state index in [4.69, 9.17) is 0 Å². The number of hydrogen-bond donors (Lipinski definition) is 1. The predicted octanol–water partition coefficient (Wildman–Crippen LogP) is 5.17. The molecule has 1 N–H and O–H groups in total. The average molecular weight is 313 g/mol. The molecule has 0 amide bonds. The number of hydrogen-bond acceptors (Lipinski definition) is 1. The number of halogens is 1. The number of benzene rings is 1. The molecule has 0 heterocycles. The molecule has 0 aromatic heterocycles. The molecule has 18 heavy (non-hydrogen) atoms. The number of rotatable bonds is 2. The fraction of sp³-hybridized carbons (Fsp3) is 0.625. The molecular weight excluding hydrogens is 288 g/mol. The van der Waals surface area contributed by atoms with Crippen LogP contribution in [0.15, 0.2) is 12.1 Å². The third-order valence-corrected chi connectivity index (χ3v) is 3.60. The summed E-state index contributed by atoms with van der Waals surface area (Å²) in [5, 5.41) is 11.0. The van der Waals surface area contributed by atoms with Crippen LogP contribution in [-0.2, 0) is 17.2 Å². The summed E-state index contributed by atoms with van der Waals surface area (Å²) in [5.74, 6) is 0.454. The Balaban J connectivity index is 3.32. The van der Waals surface area contributed by atoms with Gasteiger partial charge in [0.2, 0.25) is 0 Å². The van der Waals surface area contributed by atoms with Crippen LogP contribution >= 0.6 is 15.9 Å². The van der Waals surface area contributed by atoms with Crippen molar-refractivity contribution in [2.45, 2.75) is 58.7 Å². The van der Waals surface area contributed by atoms with Crippen LogP contribution in [0.25, 0.3) is 0 Å². The van der Waals surface area contributed by atoms with Crippen molar-refractivity contribution in [3.63, 3.8) is 0 Å². The van der Waals surface area contributed by atoms with Crippen LogP contribution in [0.3, 0.4) is 0 Å². The Kier molecular flexibility index (Phi) is 4.53. The van der Waals surface area contributed by atoms with E-state index in [9.17, 15) is 5.11 Å². The van der Waals surface area contributed by atoms with E-state index in [2.05, 4.69) is 69.6 Å². The number of alkyl halides is 1. The van der Waals surface area contributed by atoms with E-state index in [1.807, 2.05) is 0 Å². The quantitative estimate of drug-likeness (QED) is 0.747. The first-order valence-electron chi connectivity index (χ1n) is 6.46. The minimum atomic E-state index is 0.108. The zero-order valence-corrected chi connectivity index (χ0v) is 14.0. The first-order chi connectivity index (χ1) is 8.04. The molecule has 0 aliphatic rings. The molecule has 1 aromatic rings. The lowest BCUT2D eigenvalue weighted by Crippen LogP contribution is -2.15. The molecule has 0 atom stereocenters. The van der Waals surface area contributed by atoms with Crippen molar-refractivity contribution in [3.05, 3.63) is 28.8 Å². The summed E-state index contributed by atoms with van der Waals surface area (Å²) in [6, 6.07) is 4.27. The lowest BCUT2D eigenvalue weighted by molar-refractivity contribution is 0.392. The van der Waals surface area contributed by atoms with Gasteiger partial charge in [-0.1, -0.05) is 69.6 Å². The smallest absolute Gasteiger partial charge is 0.122 e. The first-order valence-corrected chi connectivity index (χ1v) is 7.58. The Morgan fingerprint density at radius 3 is 1.89 bits per heavy atom. The molecule has 0 unspecified atom stereocenters. The van der Waals surface area contributed by atoms with Crippen LogP contribution in [-0.4, -0.2) is 5.11 Å². The summed E-state index contributed by atoms with van der Waals surface area (Å²) in [7, 11) is 0. The van der Waals surface area contributed by atoms with Gasteiger partial charge in [-0.25, -0.2) is 0 Å². The van der Waals surface area contributed by atoms with E-state index < -0.39 is 0 Å². The molecule has 102 valence electrons. The second-order valence-corrected chi connectivity index (χ2v) is 7.82. The highest BCUT2D eigenvalue weighted by Gasteiger charge is 2.21. The van der Waals surface area contributed by atoms with Gasteiger partial charge in [-0.3, -0.25) is 0 Å². The molecule has 0 fully saturated rings. The summed E-state index contributed by atoms with van der Waals surface area (Å²) in [6.07, 6.45) is 0.892. The van der Waals surface area contributed by atoms with Crippen molar-refractivity contribution in [3.8, 4) is 5.75 Å². The van der Waals surface area contributed by atoms with Crippen LogP contribution in [0, 0.1) is 5.41 Å². The molecule has 1 rings (SSSR count). The second-order valence-electron chi connectivity index (χ2n) is 7.26. The van der Waals surface area contributed by atoms with E-state index >= 15 is 0 Å². The van der Waals surface area contributed by atoms with Crippen LogP contribution in [0.4, 0.5) is 0 Å². The standard InChI is InChI=1S/C16H25BrO/c1-15(2,3)9-11-7-13(16(4,5)6)8-12(10-17)14(11)18/h7-8,18H,9-10H2,1-6H3. The maximum absolute atomic E-state index is 10.3. The maximum Gasteiger partial charge on any atom is 0.122 e. The summed E-state index contributed by atoms with van der Waals surface area (Å²) in [4.78, 5) is 0. The fourth-order valence-electron chi connectivity index (χ4n) is 2.00. The van der Waals surface area contributed by atoms with Gasteiger partial charge in [-0.2, -0.15) is 0 Å². The topological polar surface area (TPSA) is 20.2 Å². The summed E-state index contributed by atoms with van der Waals surface area (Å²) >= 11 is 3.46. The highest BCUT2D eigenvalue weighted by atomic mass is 79.9. The highest BCUT2D eigenvalue weighted by molar-refractivity contribution is 9.08. The Labute approximate surface area is 120 Å². The Morgan fingerprint density at radius 2 is 1.50 bits per heavy atom. The van der Waals surface area contributed by atoms with Crippen LogP contribution in [0.2, 0.25) is 0 Å². The number of phenolic OH excluding ortho intramolecular Hbond substituents is 1. The van der Waals surface area contributed by atoms with Gasteiger partial charge in [0.1, 0.15) is 5.75 Å². The van der Waals surface area contributed by atoms with Gasteiger partial charge in [0.05, 0.1) is 0 Å². The molecule has 0 saturated carbocycles. The van der Waals surface area contributed by atoms with Gasteiger partial charge in [0.25, 0.3) is 0 Å². The molecule has 0 saturated heterocycles. The molecule has 0 radical (unpaired) electrons.